The first-order valence-corrected chi connectivity index (χ1v) is 11.9. The molecule has 2 aromatic carbocycles. The smallest absolute Gasteiger partial charge is 0.261 e. The maximum atomic E-state index is 13.2. The molecule has 2 aliphatic rings. The highest BCUT2D eigenvalue weighted by Gasteiger charge is 2.23. The average Bonchev–Trinajstić information content (AvgIpc) is 3.06. The van der Waals surface area contributed by atoms with Crippen molar-refractivity contribution in [3.63, 3.8) is 0 Å². The van der Waals surface area contributed by atoms with E-state index in [0.29, 0.717) is 23.0 Å². The summed E-state index contributed by atoms with van der Waals surface area (Å²) < 4.78 is 1.82. The number of carbonyl (C=O) groups excluding carboxylic acids is 1. The summed E-state index contributed by atoms with van der Waals surface area (Å²) in [5.74, 6) is 0.836. The van der Waals surface area contributed by atoms with Gasteiger partial charge in [-0.2, -0.15) is 0 Å². The number of aromatic nitrogens is 2. The van der Waals surface area contributed by atoms with Gasteiger partial charge in [0.1, 0.15) is 5.82 Å². The van der Waals surface area contributed by atoms with Gasteiger partial charge in [-0.25, -0.2) is 4.98 Å². The minimum Gasteiger partial charge on any atom is -0.336 e. The summed E-state index contributed by atoms with van der Waals surface area (Å²) in [6.07, 6.45) is 0.717. The molecule has 1 fully saturated rings. The summed E-state index contributed by atoms with van der Waals surface area (Å²) >= 11 is 0. The molecule has 7 heteroatoms. The Morgan fingerprint density at radius 2 is 1.67 bits per heavy atom. The van der Waals surface area contributed by atoms with Gasteiger partial charge in [0.15, 0.2) is 0 Å². The number of fused-ring (bicyclic) bond motifs is 2. The van der Waals surface area contributed by atoms with Crippen molar-refractivity contribution in [2.75, 3.05) is 45.8 Å². The molecule has 3 heterocycles. The first-order valence-electron chi connectivity index (χ1n) is 11.9. The molecule has 7 nitrogen and oxygen atoms in total. The molecule has 0 bridgehead atoms. The van der Waals surface area contributed by atoms with Crippen LogP contribution in [0.1, 0.15) is 28.7 Å². The third-order valence-electron chi connectivity index (χ3n) is 6.93. The molecule has 3 aromatic rings. The molecule has 0 unspecified atom stereocenters. The van der Waals surface area contributed by atoms with E-state index in [2.05, 4.69) is 41.0 Å². The number of hydrogen-bond acceptors (Lipinski definition) is 5. The number of benzene rings is 2. The number of carbonyl (C=O) groups is 1. The van der Waals surface area contributed by atoms with Crippen LogP contribution in [-0.2, 0) is 19.5 Å². The van der Waals surface area contributed by atoms with E-state index >= 15 is 0 Å². The van der Waals surface area contributed by atoms with E-state index in [-0.39, 0.29) is 11.5 Å². The van der Waals surface area contributed by atoms with Gasteiger partial charge in [-0.1, -0.05) is 37.3 Å². The van der Waals surface area contributed by atoms with Gasteiger partial charge in [-0.15, -0.1) is 0 Å². The molecule has 0 N–H and O–H groups in total. The molecule has 2 aliphatic heterocycles. The number of hydrogen-bond donors (Lipinski definition) is 0. The number of piperazine rings is 1. The Morgan fingerprint density at radius 1 is 0.909 bits per heavy atom. The fourth-order valence-corrected chi connectivity index (χ4v) is 4.88. The largest absolute Gasteiger partial charge is 0.336 e. The molecule has 172 valence electrons. The minimum atomic E-state index is -0.00730. The van der Waals surface area contributed by atoms with E-state index in [9.17, 15) is 9.59 Å². The van der Waals surface area contributed by atoms with Crippen LogP contribution >= 0.6 is 0 Å². The monoisotopic (exact) mass is 445 g/mol. The maximum absolute atomic E-state index is 13.2. The maximum Gasteiger partial charge on any atom is 0.261 e. The molecule has 5 rings (SSSR count). The Labute approximate surface area is 194 Å². The van der Waals surface area contributed by atoms with Gasteiger partial charge < -0.3 is 9.80 Å². The van der Waals surface area contributed by atoms with Crippen molar-refractivity contribution in [3.8, 4) is 0 Å². The Hall–Kier alpha value is -3.03. The lowest BCUT2D eigenvalue weighted by molar-refractivity contribution is 0.0643. The zero-order valence-electron chi connectivity index (χ0n) is 19.2. The number of nitrogens with zero attached hydrogens (tertiary/aromatic N) is 5. The van der Waals surface area contributed by atoms with Crippen molar-refractivity contribution in [1.29, 1.82) is 0 Å². The van der Waals surface area contributed by atoms with Crippen molar-refractivity contribution in [1.82, 2.24) is 24.3 Å². The predicted octanol–water partition coefficient (Wildman–Crippen LogP) is 2.23. The van der Waals surface area contributed by atoms with E-state index in [1.54, 1.807) is 18.2 Å². The quantitative estimate of drug-likeness (QED) is 0.616. The predicted molar refractivity (Wildman–Crippen MR) is 129 cm³/mol. The number of rotatable bonds is 4. The SMILES string of the molecule is CCN1CCN(C(=O)c2ccc3c(=O)n4c(nc3c2)CCN(Cc2ccccc2)CC4)CC1. The molecule has 33 heavy (non-hydrogen) atoms. The zero-order chi connectivity index (χ0) is 22.8. The first-order chi connectivity index (χ1) is 16.1. The van der Waals surface area contributed by atoms with Crippen molar-refractivity contribution in [3.05, 3.63) is 75.8 Å². The van der Waals surface area contributed by atoms with Crippen molar-refractivity contribution in [2.24, 2.45) is 0 Å². The van der Waals surface area contributed by atoms with Gasteiger partial charge in [-0.3, -0.25) is 19.1 Å². The third kappa shape index (κ3) is 4.56. The van der Waals surface area contributed by atoms with Crippen molar-refractivity contribution < 1.29 is 4.79 Å². The lowest BCUT2D eigenvalue weighted by atomic mass is 10.1. The van der Waals surface area contributed by atoms with Gasteiger partial charge in [-0.05, 0) is 30.3 Å². The molecule has 0 saturated carbocycles. The Kier molecular flexibility index (Phi) is 6.24. The van der Waals surface area contributed by atoms with E-state index in [4.69, 9.17) is 4.98 Å². The van der Waals surface area contributed by atoms with Crippen LogP contribution in [0.5, 0.6) is 0 Å². The summed E-state index contributed by atoms with van der Waals surface area (Å²) in [4.78, 5) is 37.8. The number of amides is 1. The first kappa shape index (κ1) is 21.8. The van der Waals surface area contributed by atoms with Crippen molar-refractivity contribution >= 4 is 16.8 Å². The van der Waals surface area contributed by atoms with Crippen molar-refractivity contribution in [2.45, 2.75) is 26.4 Å². The highest BCUT2D eigenvalue weighted by molar-refractivity contribution is 5.97. The van der Waals surface area contributed by atoms with E-state index < -0.39 is 0 Å². The standard InChI is InChI=1S/C26H31N5O2/c1-2-28-12-15-30(16-13-28)25(32)21-8-9-22-23(18-21)27-24-10-11-29(14-17-31(24)26(22)33)19-20-6-4-3-5-7-20/h3-9,18H,2,10-17,19H2,1H3. The summed E-state index contributed by atoms with van der Waals surface area (Å²) in [6.45, 7) is 9.62. The van der Waals surface area contributed by atoms with Gasteiger partial charge in [0.2, 0.25) is 0 Å². The molecule has 0 radical (unpaired) electrons. The summed E-state index contributed by atoms with van der Waals surface area (Å²) in [5, 5.41) is 0.586. The lowest BCUT2D eigenvalue weighted by Gasteiger charge is -2.34. The molecular formula is C26H31N5O2. The normalized spacial score (nSPS) is 17.7. The second kappa shape index (κ2) is 9.45. The summed E-state index contributed by atoms with van der Waals surface area (Å²) in [7, 11) is 0. The second-order valence-electron chi connectivity index (χ2n) is 8.95. The van der Waals surface area contributed by atoms with Crippen LogP contribution in [0.15, 0.2) is 53.3 Å². The fraction of sp³-hybridized carbons (Fsp3) is 0.423. The van der Waals surface area contributed by atoms with E-state index in [0.717, 1.165) is 64.6 Å². The summed E-state index contributed by atoms with van der Waals surface area (Å²) in [6, 6.07) is 15.8. The zero-order valence-corrected chi connectivity index (χ0v) is 19.2. The molecule has 0 aliphatic carbocycles. The van der Waals surface area contributed by atoms with Gasteiger partial charge >= 0.3 is 0 Å². The second-order valence-corrected chi connectivity index (χ2v) is 8.95. The molecule has 1 saturated heterocycles. The highest BCUT2D eigenvalue weighted by Crippen LogP contribution is 2.17. The molecule has 1 amide bonds. The molecule has 1 aromatic heterocycles. The van der Waals surface area contributed by atoms with Crippen LogP contribution in [0.25, 0.3) is 10.9 Å². The van der Waals surface area contributed by atoms with Crippen LogP contribution in [0, 0.1) is 0 Å². The molecular weight excluding hydrogens is 414 g/mol. The van der Waals surface area contributed by atoms with Gasteiger partial charge in [0, 0.05) is 64.3 Å². The Morgan fingerprint density at radius 3 is 2.42 bits per heavy atom. The average molecular weight is 446 g/mol. The van der Waals surface area contributed by atoms with Crippen LogP contribution in [0.2, 0.25) is 0 Å². The summed E-state index contributed by atoms with van der Waals surface area (Å²) in [5.41, 5.74) is 2.51. The van der Waals surface area contributed by atoms with Crippen LogP contribution in [0.4, 0.5) is 0 Å². The van der Waals surface area contributed by atoms with E-state index in [1.165, 1.54) is 5.56 Å². The lowest BCUT2D eigenvalue weighted by Crippen LogP contribution is -2.48. The Balaban J connectivity index is 1.36. The van der Waals surface area contributed by atoms with Crippen LogP contribution < -0.4 is 5.56 Å². The Bertz CT molecular complexity index is 1200. The fourth-order valence-electron chi connectivity index (χ4n) is 4.88. The van der Waals surface area contributed by atoms with Gasteiger partial charge in [0.25, 0.3) is 11.5 Å². The molecule has 0 spiro atoms. The van der Waals surface area contributed by atoms with Crippen LogP contribution in [0.3, 0.4) is 0 Å². The minimum absolute atomic E-state index is 0.00730. The molecule has 0 atom stereocenters. The third-order valence-corrected chi connectivity index (χ3v) is 6.93. The van der Waals surface area contributed by atoms with Gasteiger partial charge in [0.05, 0.1) is 10.9 Å². The highest BCUT2D eigenvalue weighted by atomic mass is 16.2. The van der Waals surface area contributed by atoms with Crippen LogP contribution in [-0.4, -0.2) is 76.0 Å². The number of likely N-dealkylation sites (N-methyl/N-ethyl adjacent to an activating group) is 1. The topological polar surface area (TPSA) is 61.7 Å². The van der Waals surface area contributed by atoms with E-state index in [1.807, 2.05) is 15.5 Å².